The Labute approximate surface area is 163 Å². The number of rotatable bonds is 7. The number of halogens is 1. The average molecular weight is 408 g/mol. The quantitative estimate of drug-likeness (QED) is 0.711. The molecule has 28 heavy (non-hydrogen) atoms. The van der Waals surface area contributed by atoms with Crippen LogP contribution in [-0.4, -0.2) is 44.3 Å². The lowest BCUT2D eigenvalue weighted by atomic mass is 10.2. The summed E-state index contributed by atoms with van der Waals surface area (Å²) in [5, 5.41) is 2.50. The molecule has 0 aliphatic rings. The van der Waals surface area contributed by atoms with E-state index in [4.69, 9.17) is 4.74 Å². The molecule has 1 N–H and O–H groups in total. The van der Waals surface area contributed by atoms with Gasteiger partial charge in [0, 0.05) is 18.8 Å². The molecule has 0 heterocycles. The minimum Gasteiger partial charge on any atom is -0.452 e. The van der Waals surface area contributed by atoms with Crippen LogP contribution in [0.5, 0.6) is 0 Å². The van der Waals surface area contributed by atoms with Crippen molar-refractivity contribution in [1.82, 2.24) is 4.31 Å². The van der Waals surface area contributed by atoms with E-state index in [0.29, 0.717) is 5.69 Å². The molecule has 0 saturated carbocycles. The van der Waals surface area contributed by atoms with Crippen molar-refractivity contribution in [2.24, 2.45) is 0 Å². The van der Waals surface area contributed by atoms with Crippen LogP contribution >= 0.6 is 0 Å². The molecule has 2 aromatic rings. The van der Waals surface area contributed by atoms with Gasteiger partial charge in [0.15, 0.2) is 6.61 Å². The van der Waals surface area contributed by atoms with Crippen molar-refractivity contribution in [2.75, 3.05) is 19.0 Å². The summed E-state index contributed by atoms with van der Waals surface area (Å²) in [5.41, 5.74) is 0.479. The van der Waals surface area contributed by atoms with Crippen LogP contribution in [-0.2, 0) is 19.6 Å². The van der Waals surface area contributed by atoms with Crippen molar-refractivity contribution in [3.8, 4) is 0 Å². The number of hydrogen-bond acceptors (Lipinski definition) is 5. The molecule has 0 aliphatic heterocycles. The highest BCUT2D eigenvalue weighted by Crippen LogP contribution is 2.19. The van der Waals surface area contributed by atoms with Gasteiger partial charge in [0.2, 0.25) is 10.0 Å². The largest absolute Gasteiger partial charge is 0.452 e. The third-order valence-electron chi connectivity index (χ3n) is 3.96. The Morgan fingerprint density at radius 1 is 1.07 bits per heavy atom. The van der Waals surface area contributed by atoms with Crippen molar-refractivity contribution in [3.05, 3.63) is 59.9 Å². The summed E-state index contributed by atoms with van der Waals surface area (Å²) < 4.78 is 43.7. The lowest BCUT2D eigenvalue weighted by Gasteiger charge is -2.21. The van der Waals surface area contributed by atoms with E-state index in [0.717, 1.165) is 12.1 Å². The number of sulfonamides is 1. The van der Waals surface area contributed by atoms with Crippen molar-refractivity contribution in [3.63, 3.8) is 0 Å². The first-order valence-corrected chi connectivity index (χ1v) is 9.86. The van der Waals surface area contributed by atoms with Crippen molar-refractivity contribution in [2.45, 2.75) is 24.8 Å². The van der Waals surface area contributed by atoms with Crippen molar-refractivity contribution < 1.29 is 27.1 Å². The smallest absolute Gasteiger partial charge is 0.338 e. The van der Waals surface area contributed by atoms with Gasteiger partial charge in [0.05, 0.1) is 10.5 Å². The SMILES string of the molecule is CC(C)N(C)S(=O)(=O)c1ccc(NC(=O)COC(=O)c2ccc(F)cc2)cc1. The lowest BCUT2D eigenvalue weighted by Crippen LogP contribution is -2.33. The number of nitrogens with zero attached hydrogens (tertiary/aromatic N) is 1. The molecule has 0 aromatic heterocycles. The third kappa shape index (κ3) is 5.37. The fourth-order valence-electron chi connectivity index (χ4n) is 2.15. The van der Waals surface area contributed by atoms with E-state index in [1.807, 2.05) is 0 Å². The van der Waals surface area contributed by atoms with E-state index in [1.54, 1.807) is 13.8 Å². The van der Waals surface area contributed by atoms with Crippen molar-refractivity contribution in [1.29, 1.82) is 0 Å². The highest BCUT2D eigenvalue weighted by Gasteiger charge is 2.22. The number of amides is 1. The van der Waals surface area contributed by atoms with Gasteiger partial charge in [0.1, 0.15) is 5.82 Å². The zero-order chi connectivity index (χ0) is 20.9. The maximum absolute atomic E-state index is 12.8. The van der Waals surface area contributed by atoms with Crippen LogP contribution in [0.3, 0.4) is 0 Å². The molecule has 0 atom stereocenters. The predicted molar refractivity (Wildman–Crippen MR) is 102 cm³/mol. The molecule has 0 spiro atoms. The summed E-state index contributed by atoms with van der Waals surface area (Å²) in [7, 11) is -2.12. The molecular formula is C19H21FN2O5S. The average Bonchev–Trinajstić information content (AvgIpc) is 2.66. The van der Waals surface area contributed by atoms with Gasteiger partial charge in [-0.1, -0.05) is 0 Å². The second kappa shape index (κ2) is 8.94. The molecule has 0 radical (unpaired) electrons. The van der Waals surface area contributed by atoms with Crippen LogP contribution in [0, 0.1) is 5.82 Å². The topological polar surface area (TPSA) is 92.8 Å². The van der Waals surface area contributed by atoms with Gasteiger partial charge in [-0.15, -0.1) is 0 Å². The Kier molecular flexibility index (Phi) is 6.87. The number of carbonyl (C=O) groups excluding carboxylic acids is 2. The minimum absolute atomic E-state index is 0.101. The number of ether oxygens (including phenoxy) is 1. The first-order valence-electron chi connectivity index (χ1n) is 8.42. The van der Waals surface area contributed by atoms with Crippen LogP contribution in [0.1, 0.15) is 24.2 Å². The van der Waals surface area contributed by atoms with E-state index < -0.39 is 34.3 Å². The van der Waals surface area contributed by atoms with E-state index in [-0.39, 0.29) is 16.5 Å². The van der Waals surface area contributed by atoms with Gasteiger partial charge in [0.25, 0.3) is 5.91 Å². The molecule has 0 unspecified atom stereocenters. The zero-order valence-corrected chi connectivity index (χ0v) is 16.5. The first kappa shape index (κ1) is 21.5. The molecule has 0 fully saturated rings. The number of nitrogens with one attached hydrogen (secondary N) is 1. The second-order valence-electron chi connectivity index (χ2n) is 6.27. The fourth-order valence-corrected chi connectivity index (χ4v) is 3.52. The number of hydrogen-bond donors (Lipinski definition) is 1. The van der Waals surface area contributed by atoms with Gasteiger partial charge < -0.3 is 10.1 Å². The first-order chi connectivity index (χ1) is 13.1. The second-order valence-corrected chi connectivity index (χ2v) is 8.27. The molecule has 2 rings (SSSR count). The molecule has 2 aromatic carbocycles. The maximum atomic E-state index is 12.8. The highest BCUT2D eigenvalue weighted by molar-refractivity contribution is 7.89. The Morgan fingerprint density at radius 2 is 1.64 bits per heavy atom. The monoisotopic (exact) mass is 408 g/mol. The number of esters is 1. The summed E-state index contributed by atoms with van der Waals surface area (Å²) >= 11 is 0. The van der Waals surface area contributed by atoms with Gasteiger partial charge in [-0.25, -0.2) is 17.6 Å². The summed E-state index contributed by atoms with van der Waals surface area (Å²) in [4.78, 5) is 23.8. The summed E-state index contributed by atoms with van der Waals surface area (Å²) in [6.45, 7) is 2.99. The Hall–Kier alpha value is -2.78. The fraction of sp³-hybridized carbons (Fsp3) is 0.263. The van der Waals surface area contributed by atoms with Gasteiger partial charge >= 0.3 is 5.97 Å². The van der Waals surface area contributed by atoms with E-state index in [2.05, 4.69) is 5.32 Å². The van der Waals surface area contributed by atoms with E-state index >= 15 is 0 Å². The number of carbonyl (C=O) groups is 2. The molecule has 7 nitrogen and oxygen atoms in total. The van der Waals surface area contributed by atoms with Crippen LogP contribution in [0.25, 0.3) is 0 Å². The van der Waals surface area contributed by atoms with Gasteiger partial charge in [-0.2, -0.15) is 4.31 Å². The van der Waals surface area contributed by atoms with Gasteiger partial charge in [-0.05, 0) is 62.4 Å². The zero-order valence-electron chi connectivity index (χ0n) is 15.7. The Morgan fingerprint density at radius 3 is 2.18 bits per heavy atom. The summed E-state index contributed by atoms with van der Waals surface area (Å²) in [5.74, 6) is -1.84. The van der Waals surface area contributed by atoms with Crippen LogP contribution < -0.4 is 5.32 Å². The van der Waals surface area contributed by atoms with Crippen LogP contribution in [0.4, 0.5) is 10.1 Å². The molecule has 150 valence electrons. The van der Waals surface area contributed by atoms with Crippen LogP contribution in [0.2, 0.25) is 0 Å². The highest BCUT2D eigenvalue weighted by atomic mass is 32.2. The summed E-state index contributed by atoms with van der Waals surface area (Å²) in [6, 6.07) is 10.2. The third-order valence-corrected chi connectivity index (χ3v) is 6.00. The Balaban J connectivity index is 1.94. The Bertz CT molecular complexity index is 941. The van der Waals surface area contributed by atoms with E-state index in [1.165, 1.54) is 47.8 Å². The van der Waals surface area contributed by atoms with Crippen molar-refractivity contribution >= 4 is 27.6 Å². The number of anilines is 1. The molecular weight excluding hydrogens is 387 g/mol. The molecule has 0 bridgehead atoms. The molecule has 0 aliphatic carbocycles. The van der Waals surface area contributed by atoms with E-state index in [9.17, 15) is 22.4 Å². The van der Waals surface area contributed by atoms with Crippen LogP contribution in [0.15, 0.2) is 53.4 Å². The number of benzene rings is 2. The minimum atomic E-state index is -3.61. The summed E-state index contributed by atoms with van der Waals surface area (Å²) in [6.07, 6.45) is 0. The maximum Gasteiger partial charge on any atom is 0.338 e. The van der Waals surface area contributed by atoms with Gasteiger partial charge in [-0.3, -0.25) is 4.79 Å². The molecule has 0 saturated heterocycles. The molecule has 1 amide bonds. The normalized spacial score (nSPS) is 11.5. The lowest BCUT2D eigenvalue weighted by molar-refractivity contribution is -0.119. The standard InChI is InChI=1S/C19H21FN2O5S/c1-13(2)22(3)28(25,26)17-10-8-16(9-11-17)21-18(23)12-27-19(24)14-4-6-15(20)7-5-14/h4-11,13H,12H2,1-3H3,(H,21,23). The predicted octanol–water partition coefficient (Wildman–Crippen LogP) is 2.65. The molecule has 9 heteroatoms.